The highest BCUT2D eigenvalue weighted by atomic mass is 16.6. The Hall–Kier alpha value is -4.08. The molecular weight excluding hydrogens is 394 g/mol. The number of ether oxygens (including phenoxy) is 3. The van der Waals surface area contributed by atoms with Gasteiger partial charge in [0, 0.05) is 5.56 Å². The van der Waals surface area contributed by atoms with Crippen LogP contribution in [0.25, 0.3) is 22.5 Å². The van der Waals surface area contributed by atoms with E-state index in [4.69, 9.17) is 23.2 Å². The van der Waals surface area contributed by atoms with Crippen LogP contribution in [0.3, 0.4) is 0 Å². The van der Waals surface area contributed by atoms with E-state index in [1.165, 1.54) is 11.7 Å². The van der Waals surface area contributed by atoms with Crippen LogP contribution in [-0.4, -0.2) is 34.9 Å². The Morgan fingerprint density at radius 3 is 2.70 bits per heavy atom. The number of para-hydroxylation sites is 2. The first kappa shape index (κ1) is 19.2. The van der Waals surface area contributed by atoms with Gasteiger partial charge >= 0.3 is 11.7 Å². The molecule has 0 aliphatic rings. The van der Waals surface area contributed by atoms with Crippen LogP contribution in [0.2, 0.25) is 0 Å². The fourth-order valence-corrected chi connectivity index (χ4v) is 2.89. The van der Waals surface area contributed by atoms with Crippen LogP contribution in [0.1, 0.15) is 5.89 Å². The van der Waals surface area contributed by atoms with Gasteiger partial charge in [0.15, 0.2) is 23.7 Å². The molecule has 2 aromatic carbocycles. The van der Waals surface area contributed by atoms with Crippen LogP contribution in [0.4, 0.5) is 0 Å². The number of hydrogen-bond donors (Lipinski definition) is 0. The molecule has 154 valence electrons. The molecule has 2 aromatic heterocycles. The van der Waals surface area contributed by atoms with E-state index in [2.05, 4.69) is 10.1 Å². The number of esters is 1. The monoisotopic (exact) mass is 411 g/mol. The van der Waals surface area contributed by atoms with Gasteiger partial charge < -0.3 is 23.2 Å². The minimum atomic E-state index is -0.644. The molecule has 0 unspecified atom stereocenters. The summed E-state index contributed by atoms with van der Waals surface area (Å²) < 4.78 is 27.0. The summed E-state index contributed by atoms with van der Waals surface area (Å²) in [7, 11) is 3.07. The van der Waals surface area contributed by atoms with Gasteiger partial charge in [-0.15, -0.1) is 0 Å². The molecule has 0 N–H and O–H groups in total. The normalized spacial score (nSPS) is 10.9. The van der Waals surface area contributed by atoms with E-state index >= 15 is 0 Å². The Morgan fingerprint density at radius 1 is 1.10 bits per heavy atom. The summed E-state index contributed by atoms with van der Waals surface area (Å²) in [6.07, 6.45) is 0. The molecule has 0 saturated heterocycles. The Balaban J connectivity index is 1.42. The van der Waals surface area contributed by atoms with Crippen LogP contribution in [0.5, 0.6) is 11.5 Å². The lowest BCUT2D eigenvalue weighted by molar-refractivity contribution is -0.146. The molecule has 0 saturated carbocycles. The summed E-state index contributed by atoms with van der Waals surface area (Å²) in [6.45, 7) is -0.532. The Bertz CT molecular complexity index is 1250. The van der Waals surface area contributed by atoms with Gasteiger partial charge in [0.05, 0.1) is 19.7 Å². The van der Waals surface area contributed by atoms with E-state index in [0.717, 1.165) is 0 Å². The van der Waals surface area contributed by atoms with Crippen molar-refractivity contribution in [2.24, 2.45) is 0 Å². The van der Waals surface area contributed by atoms with Crippen LogP contribution in [-0.2, 0) is 22.7 Å². The van der Waals surface area contributed by atoms with E-state index < -0.39 is 11.7 Å². The van der Waals surface area contributed by atoms with Gasteiger partial charge in [0.25, 0.3) is 5.89 Å². The SMILES string of the molecule is COc1ccc(-c2noc(COC(=O)Cn3c(=O)oc4ccccc43)n2)cc1OC. The van der Waals surface area contributed by atoms with Gasteiger partial charge in [-0.3, -0.25) is 9.36 Å². The summed E-state index contributed by atoms with van der Waals surface area (Å²) >= 11 is 0. The third-order valence-corrected chi connectivity index (χ3v) is 4.33. The average Bonchev–Trinajstić information content (AvgIpc) is 3.36. The molecule has 10 heteroatoms. The molecule has 4 aromatic rings. The molecule has 0 amide bonds. The third-order valence-electron chi connectivity index (χ3n) is 4.33. The van der Waals surface area contributed by atoms with Gasteiger partial charge in [-0.2, -0.15) is 4.98 Å². The fourth-order valence-electron chi connectivity index (χ4n) is 2.89. The van der Waals surface area contributed by atoms with Crippen LogP contribution >= 0.6 is 0 Å². The second kappa shape index (κ2) is 8.11. The highest BCUT2D eigenvalue weighted by molar-refractivity contribution is 5.76. The minimum absolute atomic E-state index is 0.109. The molecule has 0 atom stereocenters. The standard InChI is InChI=1S/C20H17N3O7/c1-26-15-8-7-12(9-16(15)27-2)19-21-17(30-22-19)11-28-18(24)10-23-13-5-3-4-6-14(13)29-20(23)25/h3-9H,10-11H2,1-2H3. The molecule has 0 bridgehead atoms. The largest absolute Gasteiger partial charge is 0.493 e. The number of benzene rings is 2. The maximum atomic E-state index is 12.2. The third kappa shape index (κ3) is 3.75. The predicted octanol–water partition coefficient (Wildman–Crippen LogP) is 2.41. The Morgan fingerprint density at radius 2 is 1.90 bits per heavy atom. The lowest BCUT2D eigenvalue weighted by atomic mass is 10.2. The lowest BCUT2D eigenvalue weighted by Gasteiger charge is -2.07. The number of methoxy groups -OCH3 is 2. The van der Waals surface area contributed by atoms with E-state index in [-0.39, 0.29) is 19.0 Å². The quantitative estimate of drug-likeness (QED) is 0.422. The van der Waals surface area contributed by atoms with Gasteiger partial charge in [-0.25, -0.2) is 4.79 Å². The minimum Gasteiger partial charge on any atom is -0.493 e. The second-order valence-corrected chi connectivity index (χ2v) is 6.16. The van der Waals surface area contributed by atoms with E-state index in [9.17, 15) is 9.59 Å². The van der Waals surface area contributed by atoms with Gasteiger partial charge in [0.2, 0.25) is 5.82 Å². The molecule has 0 aliphatic carbocycles. The van der Waals surface area contributed by atoms with Crippen molar-refractivity contribution in [2.75, 3.05) is 14.2 Å². The van der Waals surface area contributed by atoms with Crippen molar-refractivity contribution in [1.29, 1.82) is 0 Å². The summed E-state index contributed by atoms with van der Waals surface area (Å²) in [5, 5.41) is 3.88. The topological polar surface area (TPSA) is 119 Å². The number of oxazole rings is 1. The molecular formula is C20H17N3O7. The van der Waals surface area contributed by atoms with Gasteiger partial charge in [-0.05, 0) is 30.3 Å². The zero-order valence-corrected chi connectivity index (χ0v) is 16.2. The lowest BCUT2D eigenvalue weighted by Crippen LogP contribution is -2.21. The van der Waals surface area contributed by atoms with Crippen LogP contribution < -0.4 is 15.2 Å². The van der Waals surface area contributed by atoms with Gasteiger partial charge in [-0.1, -0.05) is 17.3 Å². The summed E-state index contributed by atoms with van der Waals surface area (Å²) in [5.41, 5.74) is 1.55. The molecule has 0 spiro atoms. The number of hydrogen-bond acceptors (Lipinski definition) is 9. The van der Waals surface area contributed by atoms with E-state index in [0.29, 0.717) is 34.0 Å². The number of fused-ring (bicyclic) bond motifs is 1. The fraction of sp³-hybridized carbons (Fsp3) is 0.200. The van der Waals surface area contributed by atoms with Crippen molar-refractivity contribution in [2.45, 2.75) is 13.2 Å². The smallest absolute Gasteiger partial charge is 0.420 e. The average molecular weight is 411 g/mol. The second-order valence-electron chi connectivity index (χ2n) is 6.16. The van der Waals surface area contributed by atoms with E-state index in [1.54, 1.807) is 49.6 Å². The zero-order chi connectivity index (χ0) is 21.1. The summed E-state index contributed by atoms with van der Waals surface area (Å²) in [4.78, 5) is 28.3. The molecule has 30 heavy (non-hydrogen) atoms. The summed E-state index contributed by atoms with van der Waals surface area (Å²) in [6, 6.07) is 12.0. The van der Waals surface area contributed by atoms with Crippen molar-refractivity contribution in [1.82, 2.24) is 14.7 Å². The molecule has 10 nitrogen and oxygen atoms in total. The van der Waals surface area contributed by atoms with Crippen LogP contribution in [0, 0.1) is 0 Å². The highest BCUT2D eigenvalue weighted by Gasteiger charge is 2.16. The summed E-state index contributed by atoms with van der Waals surface area (Å²) in [5.74, 6) is 0.222. The first-order valence-corrected chi connectivity index (χ1v) is 8.88. The maximum Gasteiger partial charge on any atom is 0.420 e. The number of rotatable bonds is 7. The van der Waals surface area contributed by atoms with Gasteiger partial charge in [0.1, 0.15) is 6.54 Å². The van der Waals surface area contributed by atoms with Crippen molar-refractivity contribution < 1.29 is 27.9 Å². The van der Waals surface area contributed by atoms with E-state index in [1.807, 2.05) is 0 Å². The van der Waals surface area contributed by atoms with Crippen molar-refractivity contribution in [3.8, 4) is 22.9 Å². The van der Waals surface area contributed by atoms with Crippen molar-refractivity contribution in [3.63, 3.8) is 0 Å². The predicted molar refractivity (Wildman–Crippen MR) is 103 cm³/mol. The first-order chi connectivity index (χ1) is 14.6. The number of nitrogens with zero attached hydrogens (tertiary/aromatic N) is 3. The Labute approximate surface area is 169 Å². The molecule has 4 rings (SSSR count). The zero-order valence-electron chi connectivity index (χ0n) is 16.2. The first-order valence-electron chi connectivity index (χ1n) is 8.88. The van der Waals surface area contributed by atoms with Crippen molar-refractivity contribution >= 4 is 17.1 Å². The Kier molecular flexibility index (Phi) is 5.21. The molecule has 0 radical (unpaired) electrons. The molecule has 0 aliphatic heterocycles. The highest BCUT2D eigenvalue weighted by Crippen LogP contribution is 2.31. The van der Waals surface area contributed by atoms with Crippen LogP contribution in [0.15, 0.2) is 56.2 Å². The maximum absolute atomic E-state index is 12.2. The number of aromatic nitrogens is 3. The number of carbonyl (C=O) groups is 1. The number of carbonyl (C=O) groups excluding carboxylic acids is 1. The molecule has 2 heterocycles. The van der Waals surface area contributed by atoms with Crippen molar-refractivity contribution in [3.05, 3.63) is 58.9 Å². The molecule has 0 fully saturated rings.